The van der Waals surface area contributed by atoms with Gasteiger partial charge in [-0.25, -0.2) is 0 Å². The Hall–Kier alpha value is -3.49. The van der Waals surface area contributed by atoms with E-state index in [1.165, 1.54) is 10.7 Å². The highest BCUT2D eigenvalue weighted by Crippen LogP contribution is 2.18. The topological polar surface area (TPSA) is 108 Å². The predicted octanol–water partition coefficient (Wildman–Crippen LogP) is 2.54. The van der Waals surface area contributed by atoms with E-state index in [-0.39, 0.29) is 11.7 Å². The Morgan fingerprint density at radius 3 is 2.81 bits per heavy atom. The fourth-order valence-electron chi connectivity index (χ4n) is 2.64. The summed E-state index contributed by atoms with van der Waals surface area (Å²) in [5.74, 6) is -0.578. The van der Waals surface area contributed by atoms with E-state index in [0.29, 0.717) is 17.9 Å². The summed E-state index contributed by atoms with van der Waals surface area (Å²) < 4.78 is 3.14. The average molecular weight is 354 g/mol. The smallest absolute Gasteiger partial charge is 0.358 e. The Morgan fingerprint density at radius 1 is 1.35 bits per heavy atom. The quantitative estimate of drug-likeness (QED) is 0.540. The van der Waals surface area contributed by atoms with Crippen LogP contribution in [0.25, 0.3) is 0 Å². The number of aromatic nitrogens is 4. The largest absolute Gasteiger partial charge is 0.390 e. The third-order valence-corrected chi connectivity index (χ3v) is 3.94. The maximum atomic E-state index is 12.5. The van der Waals surface area contributed by atoms with Gasteiger partial charge < -0.3 is 15.4 Å². The molecule has 0 radical (unpaired) electrons. The summed E-state index contributed by atoms with van der Waals surface area (Å²) >= 11 is 0. The number of benzene rings is 1. The van der Waals surface area contributed by atoms with Crippen LogP contribution in [-0.4, -0.2) is 30.4 Å². The van der Waals surface area contributed by atoms with Gasteiger partial charge in [0.1, 0.15) is 6.04 Å². The van der Waals surface area contributed by atoms with Crippen LogP contribution in [0.2, 0.25) is 0 Å². The number of amides is 1. The lowest BCUT2D eigenvalue weighted by Crippen LogP contribution is -2.25. The highest BCUT2D eigenvalue weighted by atomic mass is 16.6. The summed E-state index contributed by atoms with van der Waals surface area (Å²) in [5.41, 5.74) is 2.18. The second-order valence-corrected chi connectivity index (χ2v) is 5.91. The number of carbonyl (C=O) groups is 1. The molecule has 0 saturated heterocycles. The number of rotatable bonds is 6. The molecule has 0 aliphatic heterocycles. The van der Waals surface area contributed by atoms with Gasteiger partial charge in [-0.1, -0.05) is 12.1 Å². The molecule has 2 heterocycles. The van der Waals surface area contributed by atoms with Crippen LogP contribution in [0.4, 0.5) is 11.5 Å². The van der Waals surface area contributed by atoms with Crippen molar-refractivity contribution in [2.75, 3.05) is 5.32 Å². The molecule has 0 saturated carbocycles. The van der Waals surface area contributed by atoms with E-state index in [2.05, 4.69) is 15.5 Å². The molecule has 1 atom stereocenters. The first kappa shape index (κ1) is 17.3. The summed E-state index contributed by atoms with van der Waals surface area (Å²) in [6, 6.07) is 9.96. The molecule has 2 aromatic heterocycles. The van der Waals surface area contributed by atoms with Crippen molar-refractivity contribution >= 4 is 17.4 Å². The van der Waals surface area contributed by atoms with Gasteiger partial charge in [-0.3, -0.25) is 9.48 Å². The molecule has 3 aromatic rings. The van der Waals surface area contributed by atoms with Crippen LogP contribution < -0.4 is 5.32 Å². The minimum absolute atomic E-state index is 0.275. The lowest BCUT2D eigenvalue weighted by Gasteiger charge is -2.12. The molecule has 1 unspecified atom stereocenters. The third kappa shape index (κ3) is 3.77. The van der Waals surface area contributed by atoms with E-state index in [1.54, 1.807) is 30.8 Å². The van der Waals surface area contributed by atoms with E-state index < -0.39 is 11.0 Å². The van der Waals surface area contributed by atoms with Crippen LogP contribution in [0, 0.1) is 17.0 Å². The van der Waals surface area contributed by atoms with Crippen molar-refractivity contribution in [3.8, 4) is 0 Å². The maximum absolute atomic E-state index is 12.5. The van der Waals surface area contributed by atoms with Crippen molar-refractivity contribution in [2.24, 2.45) is 0 Å². The lowest BCUT2D eigenvalue weighted by atomic mass is 10.2. The van der Waals surface area contributed by atoms with Crippen molar-refractivity contribution in [3.63, 3.8) is 0 Å². The molecule has 26 heavy (non-hydrogen) atoms. The SMILES string of the molecule is Cc1cc([N+](=O)[O-])nn1C(C)C(=O)Nc1cccc(Cn2cccn2)c1. The molecule has 3 rings (SSSR count). The summed E-state index contributed by atoms with van der Waals surface area (Å²) in [5, 5.41) is 21.7. The summed E-state index contributed by atoms with van der Waals surface area (Å²) in [7, 11) is 0. The number of hydrogen-bond donors (Lipinski definition) is 1. The van der Waals surface area contributed by atoms with Gasteiger partial charge in [-0.2, -0.15) is 9.78 Å². The van der Waals surface area contributed by atoms with Gasteiger partial charge in [0.2, 0.25) is 0 Å². The molecule has 9 heteroatoms. The molecule has 134 valence electrons. The van der Waals surface area contributed by atoms with E-state index >= 15 is 0 Å². The van der Waals surface area contributed by atoms with Gasteiger partial charge in [-0.15, -0.1) is 0 Å². The summed E-state index contributed by atoms with van der Waals surface area (Å²) in [6.45, 7) is 3.91. The number of nitro groups is 1. The first-order valence-electron chi connectivity index (χ1n) is 8.02. The number of aryl methyl sites for hydroxylation is 1. The molecular weight excluding hydrogens is 336 g/mol. The Balaban J connectivity index is 1.72. The number of hydrogen-bond acceptors (Lipinski definition) is 5. The molecule has 0 bridgehead atoms. The molecule has 1 aromatic carbocycles. The molecule has 1 amide bonds. The van der Waals surface area contributed by atoms with Crippen LogP contribution in [-0.2, 0) is 11.3 Å². The second-order valence-electron chi connectivity index (χ2n) is 5.91. The summed E-state index contributed by atoms with van der Waals surface area (Å²) in [4.78, 5) is 22.8. The van der Waals surface area contributed by atoms with Crippen molar-refractivity contribution in [1.82, 2.24) is 19.6 Å². The minimum atomic E-state index is -0.682. The average Bonchev–Trinajstić information content (AvgIpc) is 3.24. The van der Waals surface area contributed by atoms with E-state index in [0.717, 1.165) is 5.56 Å². The van der Waals surface area contributed by atoms with Crippen LogP contribution in [0.1, 0.15) is 24.2 Å². The van der Waals surface area contributed by atoms with Crippen molar-refractivity contribution < 1.29 is 9.72 Å². The van der Waals surface area contributed by atoms with Gasteiger partial charge in [-0.05, 0) is 42.5 Å². The predicted molar refractivity (Wildman–Crippen MR) is 94.7 cm³/mol. The number of carbonyl (C=O) groups excluding carboxylic acids is 1. The lowest BCUT2D eigenvalue weighted by molar-refractivity contribution is -0.389. The molecule has 9 nitrogen and oxygen atoms in total. The van der Waals surface area contributed by atoms with Gasteiger partial charge in [0, 0.05) is 18.1 Å². The highest BCUT2D eigenvalue weighted by Gasteiger charge is 2.24. The maximum Gasteiger partial charge on any atom is 0.390 e. The first-order chi connectivity index (χ1) is 12.4. The van der Waals surface area contributed by atoms with Gasteiger partial charge in [0.25, 0.3) is 5.91 Å². The van der Waals surface area contributed by atoms with Gasteiger partial charge >= 0.3 is 5.82 Å². The molecular formula is C17H18N6O3. The van der Waals surface area contributed by atoms with Crippen LogP contribution in [0.15, 0.2) is 48.8 Å². The van der Waals surface area contributed by atoms with Gasteiger partial charge in [0.15, 0.2) is 0 Å². The molecule has 0 aliphatic rings. The Kier molecular flexibility index (Phi) is 4.78. The standard InChI is InChI=1S/C17H18N6O3/c1-12-9-16(23(25)26)20-22(12)13(2)17(24)19-15-6-3-5-14(10-15)11-21-8-4-7-18-21/h3-10,13H,11H2,1-2H3,(H,19,24). The Morgan fingerprint density at radius 2 is 2.15 bits per heavy atom. The van der Waals surface area contributed by atoms with E-state index in [4.69, 9.17) is 0 Å². The van der Waals surface area contributed by atoms with Crippen molar-refractivity contribution in [3.05, 3.63) is 70.2 Å². The zero-order valence-electron chi connectivity index (χ0n) is 14.4. The van der Waals surface area contributed by atoms with Crippen LogP contribution in [0.5, 0.6) is 0 Å². The minimum Gasteiger partial charge on any atom is -0.358 e. The molecule has 0 fully saturated rings. The zero-order chi connectivity index (χ0) is 18.7. The van der Waals surface area contributed by atoms with Crippen molar-refractivity contribution in [1.29, 1.82) is 0 Å². The van der Waals surface area contributed by atoms with E-state index in [9.17, 15) is 14.9 Å². The fraction of sp³-hybridized carbons (Fsp3) is 0.235. The summed E-state index contributed by atoms with van der Waals surface area (Å²) in [6.07, 6.45) is 3.57. The third-order valence-electron chi connectivity index (χ3n) is 3.94. The Bertz CT molecular complexity index is 932. The second kappa shape index (κ2) is 7.18. The van der Waals surface area contributed by atoms with Crippen molar-refractivity contribution in [2.45, 2.75) is 26.4 Å². The fourth-order valence-corrected chi connectivity index (χ4v) is 2.64. The number of nitrogens with one attached hydrogen (secondary N) is 1. The first-order valence-corrected chi connectivity index (χ1v) is 8.02. The normalized spacial score (nSPS) is 11.9. The zero-order valence-corrected chi connectivity index (χ0v) is 14.4. The van der Waals surface area contributed by atoms with Crippen LogP contribution in [0.3, 0.4) is 0 Å². The number of anilines is 1. The van der Waals surface area contributed by atoms with E-state index in [1.807, 2.05) is 30.5 Å². The van der Waals surface area contributed by atoms with Gasteiger partial charge in [0.05, 0.1) is 23.4 Å². The molecule has 1 N–H and O–H groups in total. The highest BCUT2D eigenvalue weighted by molar-refractivity contribution is 5.93. The van der Waals surface area contributed by atoms with Crippen LogP contribution >= 0.6 is 0 Å². The molecule has 0 aliphatic carbocycles. The molecule has 0 spiro atoms. The monoisotopic (exact) mass is 354 g/mol. The Labute approximate surface area is 149 Å². The number of nitrogens with zero attached hydrogens (tertiary/aromatic N) is 5.